The minimum atomic E-state index is -0.324. The van der Waals surface area contributed by atoms with Crippen LogP contribution in [-0.2, 0) is 0 Å². The highest BCUT2D eigenvalue weighted by molar-refractivity contribution is 9.10. The molecule has 1 amide bonds. The van der Waals surface area contributed by atoms with Gasteiger partial charge < -0.3 is 9.84 Å². The summed E-state index contributed by atoms with van der Waals surface area (Å²) in [4.78, 5) is 16.2. The molecule has 22 heavy (non-hydrogen) atoms. The van der Waals surface area contributed by atoms with E-state index in [0.29, 0.717) is 11.4 Å². The zero-order valence-corrected chi connectivity index (χ0v) is 13.3. The summed E-state index contributed by atoms with van der Waals surface area (Å²) in [5.74, 6) is 0.179. The van der Waals surface area contributed by atoms with Crippen LogP contribution in [-0.4, -0.2) is 16.0 Å². The molecule has 6 heteroatoms. The maximum absolute atomic E-state index is 12.2. The molecule has 2 heterocycles. The number of anilines is 1. The van der Waals surface area contributed by atoms with Crippen LogP contribution in [0.25, 0.3) is 11.3 Å². The lowest BCUT2D eigenvalue weighted by molar-refractivity contribution is 0.101. The molecule has 0 fully saturated rings. The summed E-state index contributed by atoms with van der Waals surface area (Å²) in [7, 11) is 0. The number of aromatic nitrogens is 2. The first-order chi connectivity index (χ1) is 10.6. The average molecular weight is 358 g/mol. The third-order valence-electron chi connectivity index (χ3n) is 3.12. The Morgan fingerprint density at radius 2 is 2.14 bits per heavy atom. The number of halogens is 1. The Morgan fingerprint density at radius 3 is 2.86 bits per heavy atom. The van der Waals surface area contributed by atoms with E-state index < -0.39 is 0 Å². The van der Waals surface area contributed by atoms with E-state index in [2.05, 4.69) is 31.4 Å². The van der Waals surface area contributed by atoms with Crippen molar-refractivity contribution in [3.05, 3.63) is 64.5 Å². The third kappa shape index (κ3) is 3.07. The van der Waals surface area contributed by atoms with Crippen LogP contribution in [0.3, 0.4) is 0 Å². The highest BCUT2D eigenvalue weighted by atomic mass is 79.9. The van der Waals surface area contributed by atoms with Gasteiger partial charge in [0.2, 0.25) is 0 Å². The van der Waals surface area contributed by atoms with Crippen LogP contribution < -0.4 is 5.32 Å². The van der Waals surface area contributed by atoms with E-state index in [1.165, 1.54) is 0 Å². The first-order valence-corrected chi connectivity index (χ1v) is 7.37. The van der Waals surface area contributed by atoms with E-state index in [9.17, 15) is 4.79 Å². The molecule has 0 atom stereocenters. The number of hydrogen-bond acceptors (Lipinski definition) is 4. The summed E-state index contributed by atoms with van der Waals surface area (Å²) in [6, 6.07) is 10.8. The van der Waals surface area contributed by atoms with Crippen molar-refractivity contribution < 1.29 is 9.32 Å². The normalized spacial score (nSPS) is 10.5. The van der Waals surface area contributed by atoms with E-state index in [4.69, 9.17) is 4.52 Å². The van der Waals surface area contributed by atoms with Crippen LogP contribution in [0, 0.1) is 6.92 Å². The number of pyridine rings is 1. The van der Waals surface area contributed by atoms with Crippen molar-refractivity contribution in [3.8, 4) is 11.3 Å². The molecule has 110 valence electrons. The predicted octanol–water partition coefficient (Wildman–Crippen LogP) is 4.06. The van der Waals surface area contributed by atoms with Gasteiger partial charge in [0.25, 0.3) is 5.91 Å². The van der Waals surface area contributed by atoms with Crippen molar-refractivity contribution in [2.24, 2.45) is 0 Å². The summed E-state index contributed by atoms with van der Waals surface area (Å²) in [5.41, 5.74) is 2.77. The lowest BCUT2D eigenvalue weighted by atomic mass is 10.2. The van der Waals surface area contributed by atoms with Gasteiger partial charge in [-0.05, 0) is 36.8 Å². The van der Waals surface area contributed by atoms with Crippen LogP contribution >= 0.6 is 15.9 Å². The van der Waals surface area contributed by atoms with E-state index in [1.807, 2.05) is 31.2 Å². The Bertz CT molecular complexity index is 815. The highest BCUT2D eigenvalue weighted by Crippen LogP contribution is 2.22. The summed E-state index contributed by atoms with van der Waals surface area (Å²) in [6.45, 7) is 1.98. The molecule has 0 aliphatic carbocycles. The molecule has 0 saturated heterocycles. The van der Waals surface area contributed by atoms with Gasteiger partial charge in [0.05, 0.1) is 0 Å². The van der Waals surface area contributed by atoms with Crippen molar-refractivity contribution in [1.82, 2.24) is 10.1 Å². The van der Waals surface area contributed by atoms with Crippen LogP contribution in [0.15, 0.2) is 57.8 Å². The maximum Gasteiger partial charge on any atom is 0.277 e. The average Bonchev–Trinajstić information content (AvgIpc) is 3.02. The minimum Gasteiger partial charge on any atom is -0.355 e. The Kier molecular flexibility index (Phi) is 4.02. The van der Waals surface area contributed by atoms with Gasteiger partial charge in [-0.15, -0.1) is 0 Å². The van der Waals surface area contributed by atoms with Gasteiger partial charge in [-0.1, -0.05) is 27.2 Å². The van der Waals surface area contributed by atoms with Crippen LogP contribution in [0.5, 0.6) is 0 Å². The van der Waals surface area contributed by atoms with Gasteiger partial charge in [0, 0.05) is 34.2 Å². The zero-order chi connectivity index (χ0) is 15.5. The quantitative estimate of drug-likeness (QED) is 0.767. The molecular formula is C16H12BrN3O2. The second-order valence-corrected chi connectivity index (χ2v) is 5.59. The first kappa shape index (κ1) is 14.5. The standard InChI is InChI=1S/C16H12BrN3O2/c1-10-4-5-12(7-13(10)17)19-16(21)14-8-15(22-20-14)11-3-2-6-18-9-11/h2-9H,1H3,(H,19,21). The largest absolute Gasteiger partial charge is 0.355 e. The molecule has 5 nitrogen and oxygen atoms in total. The molecule has 0 bridgehead atoms. The predicted molar refractivity (Wildman–Crippen MR) is 86.6 cm³/mol. The van der Waals surface area contributed by atoms with E-state index >= 15 is 0 Å². The minimum absolute atomic E-state index is 0.218. The number of rotatable bonds is 3. The van der Waals surface area contributed by atoms with Gasteiger partial charge in [-0.3, -0.25) is 9.78 Å². The molecule has 3 aromatic rings. The number of nitrogens with zero attached hydrogens (tertiary/aromatic N) is 2. The Labute approximate surface area is 135 Å². The fraction of sp³-hybridized carbons (Fsp3) is 0.0625. The fourth-order valence-corrected chi connectivity index (χ4v) is 2.27. The lowest BCUT2D eigenvalue weighted by Gasteiger charge is -2.04. The van der Waals surface area contributed by atoms with Gasteiger partial charge in [-0.2, -0.15) is 0 Å². The van der Waals surface area contributed by atoms with Crippen molar-refractivity contribution in [3.63, 3.8) is 0 Å². The first-order valence-electron chi connectivity index (χ1n) is 6.58. The number of aryl methyl sites for hydroxylation is 1. The molecule has 0 unspecified atom stereocenters. The summed E-state index contributed by atoms with van der Waals surface area (Å²) in [6.07, 6.45) is 3.32. The second-order valence-electron chi connectivity index (χ2n) is 4.74. The van der Waals surface area contributed by atoms with Crippen LogP contribution in [0.2, 0.25) is 0 Å². The molecule has 0 spiro atoms. The topological polar surface area (TPSA) is 68.0 Å². The van der Waals surface area contributed by atoms with Gasteiger partial charge >= 0.3 is 0 Å². The van der Waals surface area contributed by atoms with Gasteiger partial charge in [-0.25, -0.2) is 0 Å². The molecule has 3 rings (SSSR count). The Morgan fingerprint density at radius 1 is 1.27 bits per heavy atom. The molecular weight excluding hydrogens is 346 g/mol. The SMILES string of the molecule is Cc1ccc(NC(=O)c2cc(-c3cccnc3)on2)cc1Br. The number of carbonyl (C=O) groups excluding carboxylic acids is 1. The molecule has 0 radical (unpaired) electrons. The fourth-order valence-electron chi connectivity index (χ4n) is 1.89. The smallest absolute Gasteiger partial charge is 0.277 e. The lowest BCUT2D eigenvalue weighted by Crippen LogP contribution is -2.12. The Balaban J connectivity index is 1.78. The van der Waals surface area contributed by atoms with E-state index in [1.54, 1.807) is 24.5 Å². The number of benzene rings is 1. The van der Waals surface area contributed by atoms with Crippen molar-refractivity contribution in [2.75, 3.05) is 5.32 Å². The highest BCUT2D eigenvalue weighted by Gasteiger charge is 2.14. The van der Waals surface area contributed by atoms with Gasteiger partial charge in [0.1, 0.15) is 0 Å². The summed E-state index contributed by atoms with van der Waals surface area (Å²) < 4.78 is 6.12. The van der Waals surface area contributed by atoms with Gasteiger partial charge in [0.15, 0.2) is 11.5 Å². The molecule has 0 aliphatic rings. The maximum atomic E-state index is 12.2. The van der Waals surface area contributed by atoms with Crippen molar-refractivity contribution in [1.29, 1.82) is 0 Å². The van der Waals surface area contributed by atoms with E-state index in [0.717, 1.165) is 15.6 Å². The Hall–Kier alpha value is -2.47. The zero-order valence-electron chi connectivity index (χ0n) is 11.7. The number of amides is 1. The molecule has 1 N–H and O–H groups in total. The van der Waals surface area contributed by atoms with Crippen molar-refractivity contribution in [2.45, 2.75) is 6.92 Å². The molecule has 0 saturated carbocycles. The third-order valence-corrected chi connectivity index (χ3v) is 3.97. The number of hydrogen-bond donors (Lipinski definition) is 1. The van der Waals surface area contributed by atoms with E-state index in [-0.39, 0.29) is 11.6 Å². The second kappa shape index (κ2) is 6.11. The monoisotopic (exact) mass is 357 g/mol. The summed E-state index contributed by atoms with van der Waals surface area (Å²) in [5, 5.41) is 6.59. The molecule has 2 aromatic heterocycles. The molecule has 0 aliphatic heterocycles. The number of carbonyl (C=O) groups is 1. The summed E-state index contributed by atoms with van der Waals surface area (Å²) >= 11 is 3.43. The van der Waals surface area contributed by atoms with Crippen LogP contribution in [0.1, 0.15) is 16.1 Å². The number of nitrogens with one attached hydrogen (secondary N) is 1. The van der Waals surface area contributed by atoms with Crippen LogP contribution in [0.4, 0.5) is 5.69 Å². The molecule has 1 aromatic carbocycles. The van der Waals surface area contributed by atoms with Crippen molar-refractivity contribution >= 4 is 27.5 Å².